The molecule has 1 aromatic rings. The molecule has 7 nitrogen and oxygen atoms in total. The lowest BCUT2D eigenvalue weighted by molar-refractivity contribution is -0.143. The maximum absolute atomic E-state index is 12.8. The first kappa shape index (κ1) is 18.2. The Morgan fingerprint density at radius 2 is 2.00 bits per heavy atom. The molecule has 1 heterocycles. The number of ether oxygens (including phenoxy) is 1. The van der Waals surface area contributed by atoms with E-state index in [1.165, 1.54) is 29.2 Å². The molecule has 0 aliphatic carbocycles. The molecule has 0 aromatic heterocycles. The molecule has 1 atom stereocenters. The van der Waals surface area contributed by atoms with Crippen LogP contribution in [0, 0.1) is 5.82 Å². The van der Waals surface area contributed by atoms with Crippen LogP contribution in [0.1, 0.15) is 0 Å². The number of rotatable bonds is 6. The Kier molecular flexibility index (Phi) is 6.56. The van der Waals surface area contributed by atoms with Crippen LogP contribution >= 0.6 is 11.8 Å². The van der Waals surface area contributed by atoms with E-state index in [1.54, 1.807) is 0 Å². The average molecular weight is 355 g/mol. The minimum absolute atomic E-state index is 0.0900. The molecule has 9 heteroatoms. The molecule has 3 amide bonds. The standard InChI is InChI=1S/C15H18FN3O4S/c16-10-1-3-11(4-2-10)18-13(20)8-24-9-14(21)19-5-6-23-12(7-19)15(17)22/h1-4,12H,5-9H2,(H2,17,22)(H,18,20). The molecule has 24 heavy (non-hydrogen) atoms. The zero-order valence-electron chi connectivity index (χ0n) is 12.9. The van der Waals surface area contributed by atoms with Crippen LogP contribution in [-0.2, 0) is 19.1 Å². The summed E-state index contributed by atoms with van der Waals surface area (Å²) in [5, 5.41) is 2.61. The van der Waals surface area contributed by atoms with E-state index in [-0.39, 0.29) is 42.3 Å². The summed E-state index contributed by atoms with van der Waals surface area (Å²) in [7, 11) is 0. The normalized spacial score (nSPS) is 17.4. The zero-order chi connectivity index (χ0) is 17.5. The molecule has 0 radical (unpaired) electrons. The number of nitrogens with zero attached hydrogens (tertiary/aromatic N) is 1. The molecule has 1 aliphatic rings. The molecule has 0 saturated carbocycles. The summed E-state index contributed by atoms with van der Waals surface area (Å²) in [6.07, 6.45) is -0.783. The van der Waals surface area contributed by atoms with Crippen LogP contribution in [0.2, 0.25) is 0 Å². The van der Waals surface area contributed by atoms with E-state index in [9.17, 15) is 18.8 Å². The van der Waals surface area contributed by atoms with E-state index in [1.807, 2.05) is 0 Å². The van der Waals surface area contributed by atoms with E-state index in [2.05, 4.69) is 5.32 Å². The monoisotopic (exact) mass is 355 g/mol. The number of carbonyl (C=O) groups is 3. The Morgan fingerprint density at radius 1 is 1.29 bits per heavy atom. The van der Waals surface area contributed by atoms with Crippen LogP contribution in [-0.4, -0.2) is 59.9 Å². The summed E-state index contributed by atoms with van der Waals surface area (Å²) in [5.74, 6) is -1.23. The number of anilines is 1. The molecular formula is C15H18FN3O4S. The summed E-state index contributed by atoms with van der Waals surface area (Å²) in [4.78, 5) is 36.4. The van der Waals surface area contributed by atoms with Crippen molar-refractivity contribution in [2.45, 2.75) is 6.10 Å². The number of nitrogens with one attached hydrogen (secondary N) is 1. The van der Waals surface area contributed by atoms with Crippen molar-refractivity contribution in [3.63, 3.8) is 0 Å². The van der Waals surface area contributed by atoms with Crippen molar-refractivity contribution in [3.05, 3.63) is 30.1 Å². The number of carbonyl (C=O) groups excluding carboxylic acids is 3. The van der Waals surface area contributed by atoms with Crippen molar-refractivity contribution in [3.8, 4) is 0 Å². The molecule has 1 aromatic carbocycles. The van der Waals surface area contributed by atoms with Gasteiger partial charge < -0.3 is 20.7 Å². The van der Waals surface area contributed by atoms with Crippen molar-refractivity contribution >= 4 is 35.2 Å². The second-order valence-corrected chi connectivity index (χ2v) is 6.14. The van der Waals surface area contributed by atoms with Crippen molar-refractivity contribution in [2.75, 3.05) is 36.5 Å². The molecule has 0 spiro atoms. The van der Waals surface area contributed by atoms with E-state index in [4.69, 9.17) is 10.5 Å². The second kappa shape index (κ2) is 8.65. The predicted molar refractivity (Wildman–Crippen MR) is 87.9 cm³/mol. The van der Waals surface area contributed by atoms with E-state index in [0.29, 0.717) is 12.2 Å². The minimum atomic E-state index is -0.783. The predicted octanol–water partition coefficient (Wildman–Crippen LogP) is 0.210. The van der Waals surface area contributed by atoms with Crippen molar-refractivity contribution in [1.82, 2.24) is 4.90 Å². The Labute approximate surface area is 142 Å². The zero-order valence-corrected chi connectivity index (χ0v) is 13.7. The highest BCUT2D eigenvalue weighted by atomic mass is 32.2. The molecular weight excluding hydrogens is 337 g/mol. The number of benzene rings is 1. The van der Waals surface area contributed by atoms with Gasteiger partial charge in [-0.3, -0.25) is 14.4 Å². The van der Waals surface area contributed by atoms with E-state index >= 15 is 0 Å². The molecule has 130 valence electrons. The van der Waals surface area contributed by atoms with Crippen LogP contribution < -0.4 is 11.1 Å². The highest BCUT2D eigenvalue weighted by molar-refractivity contribution is 8.00. The van der Waals surface area contributed by atoms with Crippen LogP contribution in [0.5, 0.6) is 0 Å². The summed E-state index contributed by atoms with van der Waals surface area (Å²) >= 11 is 1.16. The molecule has 2 rings (SSSR count). The number of hydrogen-bond donors (Lipinski definition) is 2. The fraction of sp³-hybridized carbons (Fsp3) is 0.400. The lowest BCUT2D eigenvalue weighted by atomic mass is 10.2. The Balaban J connectivity index is 1.71. The highest BCUT2D eigenvalue weighted by Crippen LogP contribution is 2.11. The number of primary amides is 1. The lowest BCUT2D eigenvalue weighted by Gasteiger charge is -2.31. The highest BCUT2D eigenvalue weighted by Gasteiger charge is 2.27. The Bertz CT molecular complexity index is 611. The topological polar surface area (TPSA) is 102 Å². The number of hydrogen-bond acceptors (Lipinski definition) is 5. The molecule has 1 fully saturated rings. The lowest BCUT2D eigenvalue weighted by Crippen LogP contribution is -2.50. The number of halogens is 1. The first-order valence-electron chi connectivity index (χ1n) is 7.27. The fourth-order valence-corrected chi connectivity index (χ4v) is 2.82. The van der Waals surface area contributed by atoms with Crippen LogP contribution in [0.3, 0.4) is 0 Å². The Morgan fingerprint density at radius 3 is 2.67 bits per heavy atom. The average Bonchev–Trinajstić information content (AvgIpc) is 2.57. The van der Waals surface area contributed by atoms with Crippen LogP contribution in [0.15, 0.2) is 24.3 Å². The minimum Gasteiger partial charge on any atom is -0.367 e. The van der Waals surface area contributed by atoms with Gasteiger partial charge in [-0.15, -0.1) is 11.8 Å². The van der Waals surface area contributed by atoms with Gasteiger partial charge in [-0.1, -0.05) is 0 Å². The number of thioether (sulfide) groups is 1. The Hall–Kier alpha value is -2.13. The van der Waals surface area contributed by atoms with Gasteiger partial charge >= 0.3 is 0 Å². The van der Waals surface area contributed by atoms with Gasteiger partial charge in [-0.25, -0.2) is 4.39 Å². The smallest absolute Gasteiger partial charge is 0.248 e. The number of morpholine rings is 1. The largest absolute Gasteiger partial charge is 0.367 e. The summed E-state index contributed by atoms with van der Waals surface area (Å²) < 4.78 is 17.9. The molecule has 1 saturated heterocycles. The van der Waals surface area contributed by atoms with Crippen LogP contribution in [0.25, 0.3) is 0 Å². The first-order valence-corrected chi connectivity index (χ1v) is 8.43. The third-order valence-corrected chi connectivity index (χ3v) is 4.24. The van der Waals surface area contributed by atoms with Gasteiger partial charge in [0.1, 0.15) is 5.82 Å². The second-order valence-electron chi connectivity index (χ2n) is 5.15. The molecule has 0 bridgehead atoms. The molecule has 1 unspecified atom stereocenters. The number of nitrogens with two attached hydrogens (primary N) is 1. The van der Waals surface area contributed by atoms with Gasteiger partial charge in [0.25, 0.3) is 0 Å². The summed E-state index contributed by atoms with van der Waals surface area (Å²) in [6.45, 7) is 0.788. The van der Waals surface area contributed by atoms with Gasteiger partial charge in [0.05, 0.1) is 24.7 Å². The quantitative estimate of drug-likeness (QED) is 0.760. The third kappa shape index (κ3) is 5.50. The summed E-state index contributed by atoms with van der Waals surface area (Å²) in [5.41, 5.74) is 5.66. The van der Waals surface area contributed by atoms with Gasteiger partial charge in [0.15, 0.2) is 6.10 Å². The number of amides is 3. The van der Waals surface area contributed by atoms with Gasteiger partial charge in [0.2, 0.25) is 17.7 Å². The molecule has 1 aliphatic heterocycles. The third-order valence-electron chi connectivity index (χ3n) is 3.32. The van der Waals surface area contributed by atoms with Gasteiger partial charge in [-0.05, 0) is 24.3 Å². The molecule has 3 N–H and O–H groups in total. The van der Waals surface area contributed by atoms with Crippen molar-refractivity contribution in [2.24, 2.45) is 5.73 Å². The fourth-order valence-electron chi connectivity index (χ4n) is 2.10. The van der Waals surface area contributed by atoms with Crippen LogP contribution in [0.4, 0.5) is 10.1 Å². The first-order chi connectivity index (χ1) is 11.5. The van der Waals surface area contributed by atoms with E-state index < -0.39 is 12.0 Å². The SMILES string of the molecule is NC(=O)C1CN(C(=O)CSCC(=O)Nc2ccc(F)cc2)CCO1. The summed E-state index contributed by atoms with van der Waals surface area (Å²) in [6, 6.07) is 5.42. The van der Waals surface area contributed by atoms with Crippen molar-refractivity contribution in [1.29, 1.82) is 0 Å². The van der Waals surface area contributed by atoms with Gasteiger partial charge in [-0.2, -0.15) is 0 Å². The van der Waals surface area contributed by atoms with Crippen molar-refractivity contribution < 1.29 is 23.5 Å². The van der Waals surface area contributed by atoms with E-state index in [0.717, 1.165) is 11.8 Å². The van der Waals surface area contributed by atoms with Gasteiger partial charge in [0, 0.05) is 12.2 Å². The maximum Gasteiger partial charge on any atom is 0.248 e. The maximum atomic E-state index is 12.8.